The van der Waals surface area contributed by atoms with Crippen molar-refractivity contribution in [3.63, 3.8) is 0 Å². The molecule has 0 unspecified atom stereocenters. The Bertz CT molecular complexity index is 711. The van der Waals surface area contributed by atoms with Gasteiger partial charge in [-0.3, -0.25) is 0 Å². The third-order valence-corrected chi connectivity index (χ3v) is 3.30. The molecule has 0 saturated heterocycles. The van der Waals surface area contributed by atoms with E-state index in [-0.39, 0.29) is 0 Å². The Morgan fingerprint density at radius 2 is 1.84 bits per heavy atom. The first-order valence-corrected chi connectivity index (χ1v) is 6.49. The lowest BCUT2D eigenvalue weighted by atomic mass is 10.0. The number of hydrogen-bond donors (Lipinski definition) is 0. The standard InChI is InChI=1S/C16H17N2O/c1-11(2)13-4-5-15-14(10-13)17-16(19-15)12-6-8-18(3)9-7-12/h4-11H,1-3H3/q+1. The molecule has 3 heteroatoms. The van der Waals surface area contributed by atoms with E-state index < -0.39 is 0 Å². The zero-order chi connectivity index (χ0) is 13.4. The summed E-state index contributed by atoms with van der Waals surface area (Å²) in [5.74, 6) is 1.18. The van der Waals surface area contributed by atoms with Crippen LogP contribution in [0.25, 0.3) is 22.6 Å². The predicted octanol–water partition coefficient (Wildman–Crippen LogP) is 3.44. The number of oxazole rings is 1. The topological polar surface area (TPSA) is 29.9 Å². The van der Waals surface area contributed by atoms with Gasteiger partial charge in [0.15, 0.2) is 18.0 Å². The lowest BCUT2D eigenvalue weighted by Crippen LogP contribution is -2.25. The Labute approximate surface area is 112 Å². The van der Waals surface area contributed by atoms with Gasteiger partial charge in [-0.2, -0.15) is 0 Å². The summed E-state index contributed by atoms with van der Waals surface area (Å²) in [6, 6.07) is 10.2. The molecular weight excluding hydrogens is 236 g/mol. The fourth-order valence-corrected chi connectivity index (χ4v) is 2.07. The molecule has 0 aliphatic rings. The quantitative estimate of drug-likeness (QED) is 0.655. The second kappa shape index (κ2) is 4.50. The number of hydrogen-bond acceptors (Lipinski definition) is 2. The molecule has 0 fully saturated rings. The van der Waals surface area contributed by atoms with Gasteiger partial charge in [0.25, 0.3) is 0 Å². The molecular formula is C16H17N2O+. The molecule has 0 aliphatic carbocycles. The summed E-state index contributed by atoms with van der Waals surface area (Å²) in [5, 5.41) is 0. The summed E-state index contributed by atoms with van der Waals surface area (Å²) in [6.07, 6.45) is 3.98. The highest BCUT2D eigenvalue weighted by Gasteiger charge is 2.10. The molecule has 2 heterocycles. The van der Waals surface area contributed by atoms with Gasteiger partial charge < -0.3 is 4.42 Å². The number of fused-ring (bicyclic) bond motifs is 1. The Morgan fingerprint density at radius 1 is 1.11 bits per heavy atom. The van der Waals surface area contributed by atoms with Gasteiger partial charge in [0.2, 0.25) is 5.89 Å². The molecule has 0 atom stereocenters. The summed E-state index contributed by atoms with van der Waals surface area (Å²) in [7, 11) is 1.99. The fourth-order valence-electron chi connectivity index (χ4n) is 2.07. The molecule has 19 heavy (non-hydrogen) atoms. The van der Waals surface area contributed by atoms with Crippen LogP contribution in [0.2, 0.25) is 0 Å². The Kier molecular flexibility index (Phi) is 2.82. The minimum atomic E-state index is 0.500. The van der Waals surface area contributed by atoms with E-state index in [1.165, 1.54) is 5.56 Å². The van der Waals surface area contributed by atoms with Crippen LogP contribution in [0, 0.1) is 0 Å². The maximum atomic E-state index is 5.81. The van der Waals surface area contributed by atoms with Crippen molar-refractivity contribution in [3.8, 4) is 11.5 Å². The zero-order valence-electron chi connectivity index (χ0n) is 11.4. The Hall–Kier alpha value is -2.16. The van der Waals surface area contributed by atoms with Gasteiger partial charge in [0.05, 0.1) is 0 Å². The van der Waals surface area contributed by atoms with Gasteiger partial charge in [0, 0.05) is 17.7 Å². The first kappa shape index (κ1) is 11.9. The maximum absolute atomic E-state index is 5.81. The number of aryl methyl sites for hydroxylation is 1. The van der Waals surface area contributed by atoms with Gasteiger partial charge in [-0.15, -0.1) is 0 Å². The SMILES string of the molecule is CC(C)c1ccc2oc(-c3cc[n+](C)cc3)nc2c1. The summed E-state index contributed by atoms with van der Waals surface area (Å²) in [5.41, 5.74) is 4.05. The van der Waals surface area contributed by atoms with E-state index >= 15 is 0 Å². The van der Waals surface area contributed by atoms with Crippen LogP contribution >= 0.6 is 0 Å². The van der Waals surface area contributed by atoms with Crippen LogP contribution in [0.4, 0.5) is 0 Å². The van der Waals surface area contributed by atoms with Gasteiger partial charge in [0.1, 0.15) is 12.6 Å². The summed E-state index contributed by atoms with van der Waals surface area (Å²) >= 11 is 0. The number of nitrogens with zero attached hydrogens (tertiary/aromatic N) is 2. The van der Waals surface area contributed by atoms with Crippen LogP contribution in [0.3, 0.4) is 0 Å². The molecule has 3 rings (SSSR count). The van der Waals surface area contributed by atoms with Crippen molar-refractivity contribution < 1.29 is 8.98 Å². The number of rotatable bonds is 2. The Morgan fingerprint density at radius 3 is 2.53 bits per heavy atom. The molecule has 0 amide bonds. The van der Waals surface area contributed by atoms with Gasteiger partial charge in [-0.25, -0.2) is 9.55 Å². The molecule has 0 spiro atoms. The normalized spacial score (nSPS) is 11.4. The minimum Gasteiger partial charge on any atom is -0.436 e. The van der Waals surface area contributed by atoms with Crippen LogP contribution in [-0.2, 0) is 7.05 Å². The average molecular weight is 253 g/mol. The Balaban J connectivity index is 2.08. The first-order chi connectivity index (χ1) is 9.13. The number of benzene rings is 1. The van der Waals surface area contributed by atoms with Crippen molar-refractivity contribution in [2.24, 2.45) is 7.05 Å². The van der Waals surface area contributed by atoms with Crippen LogP contribution in [0.5, 0.6) is 0 Å². The average Bonchev–Trinajstić information content (AvgIpc) is 2.82. The largest absolute Gasteiger partial charge is 0.436 e. The third-order valence-electron chi connectivity index (χ3n) is 3.30. The zero-order valence-corrected chi connectivity index (χ0v) is 11.4. The highest BCUT2D eigenvalue weighted by molar-refractivity contribution is 5.76. The highest BCUT2D eigenvalue weighted by atomic mass is 16.3. The number of pyridine rings is 1. The van der Waals surface area contributed by atoms with E-state index in [0.717, 1.165) is 16.7 Å². The summed E-state index contributed by atoms with van der Waals surface area (Å²) in [4.78, 5) is 4.58. The second-order valence-electron chi connectivity index (χ2n) is 5.15. The fraction of sp³-hybridized carbons (Fsp3) is 0.250. The van der Waals surface area contributed by atoms with E-state index in [4.69, 9.17) is 4.42 Å². The van der Waals surface area contributed by atoms with E-state index in [2.05, 4.69) is 31.0 Å². The van der Waals surface area contributed by atoms with Gasteiger partial charge in [-0.05, 0) is 23.6 Å². The summed E-state index contributed by atoms with van der Waals surface area (Å²) < 4.78 is 7.80. The van der Waals surface area contributed by atoms with Crippen molar-refractivity contribution in [2.75, 3.05) is 0 Å². The van der Waals surface area contributed by atoms with E-state index in [1.54, 1.807) is 0 Å². The predicted molar refractivity (Wildman–Crippen MR) is 74.7 cm³/mol. The van der Waals surface area contributed by atoms with Gasteiger partial charge in [-0.1, -0.05) is 19.9 Å². The van der Waals surface area contributed by atoms with Crippen LogP contribution in [0.15, 0.2) is 47.1 Å². The molecule has 96 valence electrons. The molecule has 0 radical (unpaired) electrons. The molecule has 0 bridgehead atoms. The van der Waals surface area contributed by atoms with Crippen molar-refractivity contribution in [1.29, 1.82) is 0 Å². The summed E-state index contributed by atoms with van der Waals surface area (Å²) in [6.45, 7) is 4.36. The van der Waals surface area contributed by atoms with Crippen molar-refractivity contribution in [3.05, 3.63) is 48.3 Å². The van der Waals surface area contributed by atoms with Crippen molar-refractivity contribution in [2.45, 2.75) is 19.8 Å². The van der Waals surface area contributed by atoms with E-state index in [9.17, 15) is 0 Å². The molecule has 2 aromatic heterocycles. The van der Waals surface area contributed by atoms with Crippen molar-refractivity contribution in [1.82, 2.24) is 4.98 Å². The molecule has 0 N–H and O–H groups in total. The van der Waals surface area contributed by atoms with Crippen LogP contribution in [0.1, 0.15) is 25.3 Å². The van der Waals surface area contributed by atoms with Gasteiger partial charge >= 0.3 is 0 Å². The molecule has 3 aromatic rings. The minimum absolute atomic E-state index is 0.500. The molecule has 0 saturated carbocycles. The van der Waals surface area contributed by atoms with E-state index in [0.29, 0.717) is 11.8 Å². The van der Waals surface area contributed by atoms with E-state index in [1.807, 2.05) is 42.2 Å². The highest BCUT2D eigenvalue weighted by Crippen LogP contribution is 2.26. The molecule has 3 nitrogen and oxygen atoms in total. The lowest BCUT2D eigenvalue weighted by Gasteiger charge is -2.02. The smallest absolute Gasteiger partial charge is 0.227 e. The molecule has 1 aromatic carbocycles. The van der Waals surface area contributed by atoms with Crippen LogP contribution < -0.4 is 4.57 Å². The van der Waals surface area contributed by atoms with Crippen molar-refractivity contribution >= 4 is 11.1 Å². The van der Waals surface area contributed by atoms with Crippen LogP contribution in [-0.4, -0.2) is 4.98 Å². The number of aromatic nitrogens is 2. The monoisotopic (exact) mass is 253 g/mol. The first-order valence-electron chi connectivity index (χ1n) is 6.49. The molecule has 0 aliphatic heterocycles. The second-order valence-corrected chi connectivity index (χ2v) is 5.15. The maximum Gasteiger partial charge on any atom is 0.227 e. The third kappa shape index (κ3) is 2.24. The lowest BCUT2D eigenvalue weighted by molar-refractivity contribution is -0.671.